The number of nitrogens with one attached hydrogen (secondary N) is 1. The van der Waals surface area contributed by atoms with Gasteiger partial charge in [-0.1, -0.05) is 13.8 Å². The second-order valence-corrected chi connectivity index (χ2v) is 5.77. The maximum atomic E-state index is 12.1. The summed E-state index contributed by atoms with van der Waals surface area (Å²) in [6.07, 6.45) is 3.47. The Bertz CT molecular complexity index is 242. The Morgan fingerprint density at radius 1 is 1.38 bits per heavy atom. The molecule has 1 N–H and O–H groups in total. The maximum absolute atomic E-state index is 12.1. The van der Waals surface area contributed by atoms with Crippen molar-refractivity contribution >= 4 is 5.91 Å². The van der Waals surface area contributed by atoms with Crippen molar-refractivity contribution in [2.45, 2.75) is 33.1 Å². The summed E-state index contributed by atoms with van der Waals surface area (Å²) < 4.78 is 0. The second-order valence-electron chi connectivity index (χ2n) is 5.77. The normalized spacial score (nSPS) is 25.1. The summed E-state index contributed by atoms with van der Waals surface area (Å²) in [4.78, 5) is 14.3. The summed E-state index contributed by atoms with van der Waals surface area (Å²) >= 11 is 0. The fraction of sp³-hybridized carbons (Fsp3) is 0.923. The van der Waals surface area contributed by atoms with Crippen LogP contribution in [-0.2, 0) is 4.79 Å². The second kappa shape index (κ2) is 5.17. The van der Waals surface area contributed by atoms with E-state index in [1.54, 1.807) is 0 Å². The molecule has 2 aliphatic rings. The first-order chi connectivity index (χ1) is 7.66. The quantitative estimate of drug-likeness (QED) is 0.767. The molecule has 1 saturated heterocycles. The summed E-state index contributed by atoms with van der Waals surface area (Å²) in [6.45, 7) is 8.51. The van der Waals surface area contributed by atoms with E-state index in [1.165, 1.54) is 6.42 Å². The lowest BCUT2D eigenvalue weighted by Crippen LogP contribution is -2.39. The number of rotatable bonds is 5. The van der Waals surface area contributed by atoms with Gasteiger partial charge >= 0.3 is 0 Å². The molecular formula is C13H24N2O. The molecule has 1 heterocycles. The Morgan fingerprint density at radius 3 is 2.62 bits per heavy atom. The maximum Gasteiger partial charge on any atom is 0.225 e. The van der Waals surface area contributed by atoms with Crippen molar-refractivity contribution in [2.75, 3.05) is 26.2 Å². The molecule has 1 atom stereocenters. The van der Waals surface area contributed by atoms with E-state index in [9.17, 15) is 4.79 Å². The fourth-order valence-electron chi connectivity index (χ4n) is 2.47. The van der Waals surface area contributed by atoms with Gasteiger partial charge in [0.2, 0.25) is 5.91 Å². The minimum atomic E-state index is 0.369. The molecule has 1 unspecified atom stereocenters. The van der Waals surface area contributed by atoms with Crippen LogP contribution < -0.4 is 5.32 Å². The Balaban J connectivity index is 1.87. The van der Waals surface area contributed by atoms with Crippen molar-refractivity contribution < 1.29 is 4.79 Å². The summed E-state index contributed by atoms with van der Waals surface area (Å²) in [6, 6.07) is 0. The van der Waals surface area contributed by atoms with Crippen molar-refractivity contribution in [3.63, 3.8) is 0 Å². The molecule has 92 valence electrons. The molecule has 0 aromatic rings. The number of carbonyl (C=O) groups excluding carboxylic acids is 1. The van der Waals surface area contributed by atoms with Gasteiger partial charge in [-0.3, -0.25) is 4.79 Å². The molecule has 2 fully saturated rings. The van der Waals surface area contributed by atoms with Crippen molar-refractivity contribution in [1.82, 2.24) is 10.2 Å². The highest BCUT2D eigenvalue weighted by Crippen LogP contribution is 2.31. The van der Waals surface area contributed by atoms with Gasteiger partial charge in [-0.2, -0.15) is 0 Å². The molecule has 0 bridgehead atoms. The molecule has 3 heteroatoms. The zero-order valence-corrected chi connectivity index (χ0v) is 10.5. The summed E-state index contributed by atoms with van der Waals surface area (Å²) in [5.74, 6) is 2.05. The minimum Gasteiger partial charge on any atom is -0.342 e. The van der Waals surface area contributed by atoms with Crippen LogP contribution in [0.15, 0.2) is 0 Å². The van der Waals surface area contributed by atoms with Gasteiger partial charge < -0.3 is 10.2 Å². The van der Waals surface area contributed by atoms with E-state index in [-0.39, 0.29) is 0 Å². The summed E-state index contributed by atoms with van der Waals surface area (Å²) in [7, 11) is 0. The predicted molar refractivity (Wildman–Crippen MR) is 65.1 cm³/mol. The van der Waals surface area contributed by atoms with E-state index >= 15 is 0 Å². The van der Waals surface area contributed by atoms with Gasteiger partial charge in [-0.25, -0.2) is 0 Å². The Morgan fingerprint density at radius 2 is 2.12 bits per heavy atom. The van der Waals surface area contributed by atoms with Crippen LogP contribution in [0.4, 0.5) is 0 Å². The molecule has 0 aromatic heterocycles. The van der Waals surface area contributed by atoms with E-state index in [2.05, 4.69) is 24.1 Å². The SMILES string of the molecule is CC(C)CN(CC1CCNC1)C(=O)C1CC1. The smallest absolute Gasteiger partial charge is 0.225 e. The van der Waals surface area contributed by atoms with E-state index in [0.717, 1.165) is 39.0 Å². The van der Waals surface area contributed by atoms with E-state index < -0.39 is 0 Å². The van der Waals surface area contributed by atoms with Crippen LogP contribution >= 0.6 is 0 Å². The van der Waals surface area contributed by atoms with Crippen molar-refractivity contribution in [2.24, 2.45) is 17.8 Å². The largest absolute Gasteiger partial charge is 0.342 e. The zero-order valence-electron chi connectivity index (χ0n) is 10.5. The number of carbonyl (C=O) groups is 1. The Kier molecular flexibility index (Phi) is 3.85. The van der Waals surface area contributed by atoms with E-state index in [4.69, 9.17) is 0 Å². The average molecular weight is 224 g/mol. The highest BCUT2D eigenvalue weighted by Gasteiger charge is 2.34. The van der Waals surface area contributed by atoms with Crippen LogP contribution in [0.25, 0.3) is 0 Å². The topological polar surface area (TPSA) is 32.3 Å². The van der Waals surface area contributed by atoms with Crippen LogP contribution in [-0.4, -0.2) is 37.0 Å². The molecule has 0 aromatic carbocycles. The zero-order chi connectivity index (χ0) is 11.5. The molecule has 3 nitrogen and oxygen atoms in total. The molecule has 1 saturated carbocycles. The molecule has 0 spiro atoms. The third-order valence-electron chi connectivity index (χ3n) is 3.46. The highest BCUT2D eigenvalue weighted by atomic mass is 16.2. The van der Waals surface area contributed by atoms with E-state index in [1.807, 2.05) is 0 Å². The molecule has 2 rings (SSSR count). The first-order valence-corrected chi connectivity index (χ1v) is 6.66. The lowest BCUT2D eigenvalue weighted by Gasteiger charge is -2.27. The van der Waals surface area contributed by atoms with Gasteiger partial charge in [0.25, 0.3) is 0 Å². The monoisotopic (exact) mass is 224 g/mol. The Hall–Kier alpha value is -0.570. The van der Waals surface area contributed by atoms with Gasteiger partial charge in [0.15, 0.2) is 0 Å². The molecule has 1 amide bonds. The number of nitrogens with zero attached hydrogens (tertiary/aromatic N) is 1. The standard InChI is InChI=1S/C13H24N2O/c1-10(2)8-15(13(16)12-3-4-12)9-11-5-6-14-7-11/h10-12,14H,3-9H2,1-2H3. The van der Waals surface area contributed by atoms with Crippen LogP contribution in [0.2, 0.25) is 0 Å². The van der Waals surface area contributed by atoms with Gasteiger partial charge in [0.05, 0.1) is 0 Å². The highest BCUT2D eigenvalue weighted by molar-refractivity contribution is 5.81. The van der Waals surface area contributed by atoms with Crippen LogP contribution in [0, 0.1) is 17.8 Å². The van der Waals surface area contributed by atoms with Crippen molar-refractivity contribution in [3.05, 3.63) is 0 Å². The minimum absolute atomic E-state index is 0.369. The number of hydrogen-bond acceptors (Lipinski definition) is 2. The fourth-order valence-corrected chi connectivity index (χ4v) is 2.47. The number of amides is 1. The summed E-state index contributed by atoms with van der Waals surface area (Å²) in [5, 5.41) is 3.38. The number of hydrogen-bond donors (Lipinski definition) is 1. The average Bonchev–Trinajstić information content (AvgIpc) is 2.95. The van der Waals surface area contributed by atoms with Crippen LogP contribution in [0.1, 0.15) is 33.1 Å². The molecule has 0 radical (unpaired) electrons. The molecule has 16 heavy (non-hydrogen) atoms. The first kappa shape index (κ1) is 11.9. The summed E-state index contributed by atoms with van der Waals surface area (Å²) in [5.41, 5.74) is 0. The molecule has 1 aliphatic carbocycles. The van der Waals surface area contributed by atoms with Gasteiger partial charge in [0.1, 0.15) is 0 Å². The first-order valence-electron chi connectivity index (χ1n) is 6.66. The van der Waals surface area contributed by atoms with Gasteiger partial charge in [0, 0.05) is 19.0 Å². The Labute approximate surface area is 98.6 Å². The van der Waals surface area contributed by atoms with Crippen LogP contribution in [0.3, 0.4) is 0 Å². The van der Waals surface area contributed by atoms with Crippen molar-refractivity contribution in [3.8, 4) is 0 Å². The third-order valence-corrected chi connectivity index (χ3v) is 3.46. The van der Waals surface area contributed by atoms with Crippen molar-refractivity contribution in [1.29, 1.82) is 0 Å². The molecular weight excluding hydrogens is 200 g/mol. The van der Waals surface area contributed by atoms with Gasteiger partial charge in [-0.15, -0.1) is 0 Å². The third kappa shape index (κ3) is 3.21. The predicted octanol–water partition coefficient (Wildman–Crippen LogP) is 1.49. The van der Waals surface area contributed by atoms with E-state index in [0.29, 0.717) is 23.7 Å². The lowest BCUT2D eigenvalue weighted by atomic mass is 10.1. The van der Waals surface area contributed by atoms with Gasteiger partial charge in [-0.05, 0) is 44.2 Å². The molecule has 1 aliphatic heterocycles. The van der Waals surface area contributed by atoms with Crippen LogP contribution in [0.5, 0.6) is 0 Å². The lowest BCUT2D eigenvalue weighted by molar-refractivity contribution is -0.133.